The number of aldehydes is 1. The minimum atomic E-state index is -0.465. The van der Waals surface area contributed by atoms with E-state index in [2.05, 4.69) is 15.9 Å². The lowest BCUT2D eigenvalue weighted by Gasteiger charge is -2.09. The number of hydrogen-bond acceptors (Lipinski definition) is 1. The predicted molar refractivity (Wildman–Crippen MR) is 74.7 cm³/mol. The Bertz CT molecular complexity index is 625. The number of carbonyl (C=O) groups is 1. The minimum absolute atomic E-state index is 0.0614. The van der Waals surface area contributed by atoms with E-state index in [9.17, 15) is 9.18 Å². The molecule has 2 rings (SSSR count). The summed E-state index contributed by atoms with van der Waals surface area (Å²) in [6.07, 6.45) is 0.766. The summed E-state index contributed by atoms with van der Waals surface area (Å²) in [5.41, 5.74) is 2.56. The zero-order valence-electron chi connectivity index (χ0n) is 9.51. The van der Waals surface area contributed by atoms with Gasteiger partial charge in [-0.05, 0) is 46.1 Å². The maximum Gasteiger partial charge on any atom is 0.150 e. The van der Waals surface area contributed by atoms with Crippen LogP contribution in [0.15, 0.2) is 34.8 Å². The zero-order chi connectivity index (χ0) is 13.3. The molecular weight excluding hydrogens is 319 g/mol. The third-order valence-electron chi connectivity index (χ3n) is 2.71. The average molecular weight is 328 g/mol. The van der Waals surface area contributed by atoms with Gasteiger partial charge < -0.3 is 0 Å². The maximum atomic E-state index is 14.1. The molecule has 0 heterocycles. The van der Waals surface area contributed by atoms with Crippen molar-refractivity contribution < 1.29 is 9.18 Å². The van der Waals surface area contributed by atoms with Crippen LogP contribution in [-0.2, 0) is 0 Å². The van der Waals surface area contributed by atoms with Gasteiger partial charge in [0, 0.05) is 15.6 Å². The Morgan fingerprint density at radius 2 is 1.89 bits per heavy atom. The molecule has 0 aliphatic heterocycles. The van der Waals surface area contributed by atoms with Gasteiger partial charge in [0.1, 0.15) is 6.29 Å². The van der Waals surface area contributed by atoms with Crippen molar-refractivity contribution in [1.82, 2.24) is 0 Å². The summed E-state index contributed by atoms with van der Waals surface area (Å²) >= 11 is 9.04. The second-order valence-electron chi connectivity index (χ2n) is 3.92. The number of halogens is 3. The molecule has 0 atom stereocenters. The molecule has 92 valence electrons. The highest BCUT2D eigenvalue weighted by molar-refractivity contribution is 9.10. The number of carbonyl (C=O) groups excluding carboxylic acids is 1. The van der Waals surface area contributed by atoms with E-state index in [1.807, 2.05) is 6.92 Å². The van der Waals surface area contributed by atoms with Gasteiger partial charge in [-0.15, -0.1) is 0 Å². The average Bonchev–Trinajstić information content (AvgIpc) is 2.37. The molecule has 0 spiro atoms. The summed E-state index contributed by atoms with van der Waals surface area (Å²) in [7, 11) is 0. The predicted octanol–water partition coefficient (Wildman–Crippen LogP) is 5.03. The summed E-state index contributed by atoms with van der Waals surface area (Å²) in [6, 6.07) is 8.46. The first-order chi connectivity index (χ1) is 8.54. The fourth-order valence-corrected chi connectivity index (χ4v) is 2.27. The van der Waals surface area contributed by atoms with Gasteiger partial charge in [-0.25, -0.2) is 4.39 Å². The summed E-state index contributed by atoms with van der Waals surface area (Å²) < 4.78 is 14.6. The van der Waals surface area contributed by atoms with Gasteiger partial charge in [-0.3, -0.25) is 4.79 Å². The molecule has 2 aromatic rings. The highest BCUT2D eigenvalue weighted by Crippen LogP contribution is 2.34. The lowest BCUT2D eigenvalue weighted by atomic mass is 9.98. The molecule has 0 unspecified atom stereocenters. The molecule has 4 heteroatoms. The van der Waals surface area contributed by atoms with E-state index in [4.69, 9.17) is 11.6 Å². The van der Waals surface area contributed by atoms with Crippen molar-refractivity contribution in [3.8, 4) is 11.1 Å². The van der Waals surface area contributed by atoms with Crippen LogP contribution in [0, 0.1) is 12.7 Å². The van der Waals surface area contributed by atoms with E-state index in [1.54, 1.807) is 30.3 Å². The van der Waals surface area contributed by atoms with E-state index in [-0.39, 0.29) is 5.02 Å². The molecule has 0 N–H and O–H groups in total. The molecule has 0 bridgehead atoms. The van der Waals surface area contributed by atoms with Crippen molar-refractivity contribution in [3.63, 3.8) is 0 Å². The molecule has 2 aromatic carbocycles. The Morgan fingerprint density at radius 1 is 1.22 bits per heavy atom. The quantitative estimate of drug-likeness (QED) is 0.558. The van der Waals surface area contributed by atoms with E-state index >= 15 is 0 Å². The Balaban J connectivity index is 2.62. The van der Waals surface area contributed by atoms with E-state index in [0.29, 0.717) is 15.6 Å². The smallest absolute Gasteiger partial charge is 0.150 e. The third kappa shape index (κ3) is 2.33. The Morgan fingerprint density at radius 3 is 2.50 bits per heavy atom. The van der Waals surface area contributed by atoms with Crippen molar-refractivity contribution >= 4 is 33.8 Å². The molecule has 0 aromatic heterocycles. The van der Waals surface area contributed by atoms with E-state index in [0.717, 1.165) is 17.4 Å². The molecule has 0 aliphatic carbocycles. The van der Waals surface area contributed by atoms with Crippen molar-refractivity contribution in [1.29, 1.82) is 0 Å². The third-order valence-corrected chi connectivity index (χ3v) is 3.97. The zero-order valence-corrected chi connectivity index (χ0v) is 11.8. The van der Waals surface area contributed by atoms with Crippen LogP contribution in [0.25, 0.3) is 11.1 Å². The summed E-state index contributed by atoms with van der Waals surface area (Å²) in [6.45, 7) is 1.83. The van der Waals surface area contributed by atoms with E-state index in [1.165, 1.54) is 0 Å². The molecule has 0 amide bonds. The number of benzene rings is 2. The topological polar surface area (TPSA) is 17.1 Å². The van der Waals surface area contributed by atoms with Crippen molar-refractivity contribution in [2.45, 2.75) is 6.92 Å². The Kier molecular flexibility index (Phi) is 3.83. The molecule has 0 radical (unpaired) electrons. The highest BCUT2D eigenvalue weighted by Gasteiger charge is 2.13. The summed E-state index contributed by atoms with van der Waals surface area (Å²) in [5, 5.41) is 0.0614. The van der Waals surface area contributed by atoms with Crippen LogP contribution in [0.2, 0.25) is 5.02 Å². The van der Waals surface area contributed by atoms with Gasteiger partial charge in [-0.1, -0.05) is 29.8 Å². The largest absolute Gasteiger partial charge is 0.298 e. The van der Waals surface area contributed by atoms with Gasteiger partial charge in [0.05, 0.1) is 5.02 Å². The number of hydrogen-bond donors (Lipinski definition) is 0. The monoisotopic (exact) mass is 326 g/mol. The fraction of sp³-hybridized carbons (Fsp3) is 0.0714. The first kappa shape index (κ1) is 13.2. The highest BCUT2D eigenvalue weighted by atomic mass is 79.9. The molecule has 18 heavy (non-hydrogen) atoms. The van der Waals surface area contributed by atoms with Crippen molar-refractivity contribution in [2.75, 3.05) is 0 Å². The molecule has 0 saturated heterocycles. The first-order valence-electron chi connectivity index (χ1n) is 5.24. The number of aryl methyl sites for hydroxylation is 1. The van der Waals surface area contributed by atoms with Crippen LogP contribution in [0.5, 0.6) is 0 Å². The van der Waals surface area contributed by atoms with Crippen molar-refractivity contribution in [2.24, 2.45) is 0 Å². The lowest BCUT2D eigenvalue weighted by Crippen LogP contribution is -1.91. The Labute approximate surface area is 118 Å². The SMILES string of the molecule is Cc1cc(C=O)ccc1-c1ccc(Br)c(Cl)c1F. The first-order valence-corrected chi connectivity index (χ1v) is 6.41. The van der Waals surface area contributed by atoms with Gasteiger partial charge in [0.25, 0.3) is 0 Å². The molecule has 0 aliphatic rings. The second kappa shape index (κ2) is 5.21. The van der Waals surface area contributed by atoms with E-state index < -0.39 is 5.82 Å². The van der Waals surface area contributed by atoms with Gasteiger partial charge in [-0.2, -0.15) is 0 Å². The fourth-order valence-electron chi connectivity index (χ4n) is 1.80. The van der Waals surface area contributed by atoms with Crippen LogP contribution in [0.4, 0.5) is 4.39 Å². The standard InChI is InChI=1S/C14H9BrClFO/c1-8-6-9(7-18)2-3-10(8)11-4-5-12(15)13(16)14(11)17/h2-7H,1H3. The summed E-state index contributed by atoms with van der Waals surface area (Å²) in [5.74, 6) is -0.465. The number of rotatable bonds is 2. The Hall–Kier alpha value is -1.19. The molecular formula is C14H9BrClFO. The lowest BCUT2D eigenvalue weighted by molar-refractivity contribution is 0.112. The molecule has 1 nitrogen and oxygen atoms in total. The molecule has 0 fully saturated rings. The van der Waals surface area contributed by atoms with Crippen LogP contribution in [0.3, 0.4) is 0 Å². The van der Waals surface area contributed by atoms with Crippen LogP contribution < -0.4 is 0 Å². The second-order valence-corrected chi connectivity index (χ2v) is 5.15. The minimum Gasteiger partial charge on any atom is -0.298 e. The van der Waals surface area contributed by atoms with Crippen LogP contribution in [0.1, 0.15) is 15.9 Å². The van der Waals surface area contributed by atoms with Gasteiger partial charge in [0.15, 0.2) is 5.82 Å². The maximum absolute atomic E-state index is 14.1. The summed E-state index contributed by atoms with van der Waals surface area (Å²) in [4.78, 5) is 10.7. The molecule has 0 saturated carbocycles. The van der Waals surface area contributed by atoms with Crippen LogP contribution in [-0.4, -0.2) is 6.29 Å². The van der Waals surface area contributed by atoms with Gasteiger partial charge in [0.2, 0.25) is 0 Å². The van der Waals surface area contributed by atoms with Crippen molar-refractivity contribution in [3.05, 3.63) is 56.8 Å². The van der Waals surface area contributed by atoms with Crippen LogP contribution >= 0.6 is 27.5 Å². The van der Waals surface area contributed by atoms with Gasteiger partial charge >= 0.3 is 0 Å². The normalized spacial score (nSPS) is 10.4.